The molecule has 0 fully saturated rings. The summed E-state index contributed by atoms with van der Waals surface area (Å²) in [6, 6.07) is 0.489. The summed E-state index contributed by atoms with van der Waals surface area (Å²) in [5, 5.41) is 0. The van der Waals surface area contributed by atoms with Crippen LogP contribution in [0.1, 0.15) is 13.3 Å². The van der Waals surface area contributed by atoms with Crippen LogP contribution in [0, 0.1) is 0 Å². The molecule has 0 spiro atoms. The van der Waals surface area contributed by atoms with Crippen molar-refractivity contribution < 1.29 is 0 Å². The SMILES string of the molecule is CC(CCN)N(C)S. The summed E-state index contributed by atoms with van der Waals surface area (Å²) in [6.45, 7) is 2.84. The van der Waals surface area contributed by atoms with Crippen molar-refractivity contribution in [1.82, 2.24) is 4.31 Å². The van der Waals surface area contributed by atoms with Gasteiger partial charge in [-0.25, -0.2) is 0 Å². The molecule has 0 rings (SSSR count). The van der Waals surface area contributed by atoms with E-state index >= 15 is 0 Å². The van der Waals surface area contributed by atoms with Gasteiger partial charge in [0, 0.05) is 6.04 Å². The Labute approximate surface area is 56.6 Å². The number of hydrogen-bond acceptors (Lipinski definition) is 3. The van der Waals surface area contributed by atoms with E-state index in [2.05, 4.69) is 19.7 Å². The molecule has 50 valence electrons. The zero-order valence-electron chi connectivity index (χ0n) is 5.46. The normalized spacial score (nSPS) is 14.6. The highest BCUT2D eigenvalue weighted by Gasteiger charge is 2.01. The van der Waals surface area contributed by atoms with Crippen LogP contribution in [0.25, 0.3) is 0 Å². The highest BCUT2D eigenvalue weighted by atomic mass is 32.1. The summed E-state index contributed by atoms with van der Waals surface area (Å²) in [5.74, 6) is 0. The quantitative estimate of drug-likeness (QED) is 0.550. The Balaban J connectivity index is 3.17. The Kier molecular flexibility index (Phi) is 4.32. The number of nitrogens with two attached hydrogens (primary N) is 1. The molecule has 0 radical (unpaired) electrons. The van der Waals surface area contributed by atoms with Gasteiger partial charge < -0.3 is 5.73 Å². The predicted molar refractivity (Wildman–Crippen MR) is 39.9 cm³/mol. The van der Waals surface area contributed by atoms with Crippen molar-refractivity contribution in [3.63, 3.8) is 0 Å². The lowest BCUT2D eigenvalue weighted by Crippen LogP contribution is -2.22. The van der Waals surface area contributed by atoms with E-state index < -0.39 is 0 Å². The maximum Gasteiger partial charge on any atom is 0.0180 e. The number of hydrogen-bond donors (Lipinski definition) is 2. The number of rotatable bonds is 3. The molecule has 8 heavy (non-hydrogen) atoms. The molecule has 0 saturated carbocycles. The molecule has 0 saturated heterocycles. The van der Waals surface area contributed by atoms with E-state index in [-0.39, 0.29) is 0 Å². The topological polar surface area (TPSA) is 29.3 Å². The first-order valence-electron chi connectivity index (χ1n) is 2.80. The van der Waals surface area contributed by atoms with Gasteiger partial charge >= 0.3 is 0 Å². The minimum atomic E-state index is 0.489. The van der Waals surface area contributed by atoms with Crippen LogP contribution in [0.15, 0.2) is 0 Å². The molecular formula is C5H14N2S. The monoisotopic (exact) mass is 134 g/mol. The van der Waals surface area contributed by atoms with Crippen molar-refractivity contribution in [2.75, 3.05) is 13.6 Å². The van der Waals surface area contributed by atoms with Gasteiger partial charge in [-0.2, -0.15) is 0 Å². The lowest BCUT2D eigenvalue weighted by atomic mass is 10.2. The zero-order valence-corrected chi connectivity index (χ0v) is 6.36. The maximum atomic E-state index is 5.31. The highest BCUT2D eigenvalue weighted by Crippen LogP contribution is 2.00. The first-order chi connectivity index (χ1) is 3.68. The summed E-state index contributed by atoms with van der Waals surface area (Å²) in [7, 11) is 1.93. The van der Waals surface area contributed by atoms with Gasteiger partial charge in [-0.05, 0) is 26.9 Å². The van der Waals surface area contributed by atoms with Crippen LogP contribution < -0.4 is 5.73 Å². The van der Waals surface area contributed by atoms with Crippen molar-refractivity contribution in [3.8, 4) is 0 Å². The minimum Gasteiger partial charge on any atom is -0.330 e. The van der Waals surface area contributed by atoms with Crippen molar-refractivity contribution >= 4 is 12.8 Å². The van der Waals surface area contributed by atoms with Gasteiger partial charge in [0.05, 0.1) is 0 Å². The van der Waals surface area contributed by atoms with E-state index in [1.807, 2.05) is 11.4 Å². The summed E-state index contributed by atoms with van der Waals surface area (Å²) >= 11 is 4.10. The molecular weight excluding hydrogens is 120 g/mol. The third-order valence-corrected chi connectivity index (χ3v) is 1.62. The molecule has 3 heteroatoms. The summed E-state index contributed by atoms with van der Waals surface area (Å²) < 4.78 is 1.87. The number of nitrogens with zero attached hydrogens (tertiary/aromatic N) is 1. The van der Waals surface area contributed by atoms with E-state index in [1.165, 1.54) is 0 Å². The van der Waals surface area contributed by atoms with Crippen molar-refractivity contribution in [3.05, 3.63) is 0 Å². The van der Waals surface area contributed by atoms with Gasteiger partial charge in [0.1, 0.15) is 0 Å². The van der Waals surface area contributed by atoms with Crippen molar-refractivity contribution in [1.29, 1.82) is 0 Å². The van der Waals surface area contributed by atoms with Crippen molar-refractivity contribution in [2.45, 2.75) is 19.4 Å². The zero-order chi connectivity index (χ0) is 6.57. The summed E-state index contributed by atoms with van der Waals surface area (Å²) in [4.78, 5) is 0. The lowest BCUT2D eigenvalue weighted by molar-refractivity contribution is 0.421. The van der Waals surface area contributed by atoms with E-state index in [1.54, 1.807) is 0 Å². The second-order valence-corrected chi connectivity index (χ2v) is 2.63. The average Bonchev–Trinajstić information content (AvgIpc) is 1.67. The Morgan fingerprint density at radius 3 is 2.38 bits per heavy atom. The Bertz CT molecular complexity index is 56.4. The van der Waals surface area contributed by atoms with Gasteiger partial charge in [0.25, 0.3) is 0 Å². The molecule has 0 aliphatic heterocycles. The molecule has 0 aromatic rings. The molecule has 0 aliphatic carbocycles. The molecule has 2 N–H and O–H groups in total. The second kappa shape index (κ2) is 4.18. The van der Waals surface area contributed by atoms with E-state index in [0.29, 0.717) is 6.04 Å². The molecule has 1 atom stereocenters. The van der Waals surface area contributed by atoms with Crippen LogP contribution in [0.3, 0.4) is 0 Å². The third kappa shape index (κ3) is 3.29. The third-order valence-electron chi connectivity index (χ3n) is 1.22. The molecule has 0 aromatic carbocycles. The maximum absolute atomic E-state index is 5.31. The fourth-order valence-electron chi connectivity index (χ4n) is 0.428. The van der Waals surface area contributed by atoms with Gasteiger partial charge in [-0.15, -0.1) is 0 Å². The van der Waals surface area contributed by atoms with Crippen LogP contribution >= 0.6 is 12.8 Å². The largest absolute Gasteiger partial charge is 0.330 e. The molecule has 1 unspecified atom stereocenters. The highest BCUT2D eigenvalue weighted by molar-refractivity contribution is 7.77. The lowest BCUT2D eigenvalue weighted by Gasteiger charge is -2.16. The first-order valence-corrected chi connectivity index (χ1v) is 3.20. The molecule has 0 amide bonds. The van der Waals surface area contributed by atoms with Gasteiger partial charge in [-0.1, -0.05) is 12.8 Å². The summed E-state index contributed by atoms with van der Waals surface area (Å²) in [5.41, 5.74) is 5.31. The molecule has 2 nitrogen and oxygen atoms in total. The van der Waals surface area contributed by atoms with Crippen LogP contribution in [0.5, 0.6) is 0 Å². The standard InChI is InChI=1S/C5H14N2S/c1-5(3-4-6)7(2)8/h5,8H,3-4,6H2,1-2H3. The summed E-state index contributed by atoms with van der Waals surface area (Å²) in [6.07, 6.45) is 1.01. The van der Waals surface area contributed by atoms with Crippen LogP contribution in [-0.4, -0.2) is 23.9 Å². The van der Waals surface area contributed by atoms with E-state index in [4.69, 9.17) is 5.73 Å². The van der Waals surface area contributed by atoms with Crippen LogP contribution in [0.4, 0.5) is 0 Å². The van der Waals surface area contributed by atoms with Crippen molar-refractivity contribution in [2.24, 2.45) is 5.73 Å². The average molecular weight is 134 g/mol. The van der Waals surface area contributed by atoms with Crippen LogP contribution in [-0.2, 0) is 0 Å². The first kappa shape index (κ1) is 8.27. The minimum absolute atomic E-state index is 0.489. The fourth-order valence-corrected chi connectivity index (χ4v) is 0.544. The predicted octanol–water partition coefficient (Wildman–Crippen LogP) is 0.500. The van der Waals surface area contributed by atoms with E-state index in [0.717, 1.165) is 13.0 Å². The second-order valence-electron chi connectivity index (χ2n) is 2.00. The van der Waals surface area contributed by atoms with E-state index in [9.17, 15) is 0 Å². The molecule has 0 aliphatic rings. The van der Waals surface area contributed by atoms with Gasteiger partial charge in [0.15, 0.2) is 0 Å². The molecule has 0 aromatic heterocycles. The molecule has 0 bridgehead atoms. The van der Waals surface area contributed by atoms with Gasteiger partial charge in [-0.3, -0.25) is 4.31 Å². The Hall–Kier alpha value is 0.270. The van der Waals surface area contributed by atoms with Crippen LogP contribution in [0.2, 0.25) is 0 Å². The number of thiol groups is 1. The smallest absolute Gasteiger partial charge is 0.0180 e. The Morgan fingerprint density at radius 2 is 2.25 bits per heavy atom. The Morgan fingerprint density at radius 1 is 1.75 bits per heavy atom. The fraction of sp³-hybridized carbons (Fsp3) is 1.00. The molecule has 0 heterocycles. The van der Waals surface area contributed by atoms with Gasteiger partial charge in [0.2, 0.25) is 0 Å².